The second-order valence-corrected chi connectivity index (χ2v) is 14.2. The minimum absolute atomic E-state index is 0.0917. The average Bonchev–Trinajstić information content (AvgIpc) is 3.34. The number of β-amino-alcohol motifs (C(OH)–C–C–N with tert-alkyl or cyclic N) is 1. The minimum Gasteiger partial charge on any atom is -0.390 e. The number of amides is 1. The number of thioether (sulfide) groups is 1. The van der Waals surface area contributed by atoms with Gasteiger partial charge < -0.3 is 24.9 Å². The lowest BCUT2D eigenvalue weighted by Gasteiger charge is -2.32. The van der Waals surface area contributed by atoms with E-state index in [0.29, 0.717) is 74.6 Å². The maximum atomic E-state index is 14.1. The molecule has 2 aromatic rings. The van der Waals surface area contributed by atoms with E-state index in [1.54, 1.807) is 9.58 Å². The predicted molar refractivity (Wildman–Crippen MR) is 166 cm³/mol. The molecular formula is C32H45F4N5O3S. The zero-order valence-electron chi connectivity index (χ0n) is 26.2. The van der Waals surface area contributed by atoms with E-state index in [9.17, 15) is 32.6 Å². The fourth-order valence-corrected chi connectivity index (χ4v) is 7.68. The number of carbonyl (C=O) groups excluding carboxylic acids is 1. The molecule has 3 aliphatic heterocycles. The molecule has 1 atom stereocenters. The van der Waals surface area contributed by atoms with Crippen LogP contribution in [0.15, 0.2) is 23.1 Å². The number of aliphatic hydroxyl groups is 2. The monoisotopic (exact) mass is 655 g/mol. The predicted octanol–water partition coefficient (Wildman–Crippen LogP) is 4.60. The van der Waals surface area contributed by atoms with Crippen molar-refractivity contribution < 1.29 is 32.6 Å². The Balaban J connectivity index is 1.43. The normalized spacial score (nSPS) is 20.0. The highest BCUT2D eigenvalue weighted by atomic mass is 32.2. The van der Waals surface area contributed by atoms with Crippen LogP contribution in [-0.2, 0) is 30.5 Å². The van der Waals surface area contributed by atoms with Gasteiger partial charge in [0.2, 0.25) is 0 Å². The third-order valence-electron chi connectivity index (χ3n) is 8.99. The Morgan fingerprint density at radius 2 is 1.76 bits per heavy atom. The summed E-state index contributed by atoms with van der Waals surface area (Å²) in [4.78, 5) is 19.0. The van der Waals surface area contributed by atoms with Crippen LogP contribution in [0.1, 0.15) is 62.8 Å². The van der Waals surface area contributed by atoms with E-state index in [4.69, 9.17) is 5.10 Å². The number of benzene rings is 1. The van der Waals surface area contributed by atoms with Crippen molar-refractivity contribution in [2.75, 3.05) is 51.6 Å². The summed E-state index contributed by atoms with van der Waals surface area (Å²) in [5, 5.41) is 26.3. The van der Waals surface area contributed by atoms with E-state index in [-0.39, 0.29) is 18.0 Å². The van der Waals surface area contributed by atoms with Crippen LogP contribution in [0.5, 0.6) is 0 Å². The van der Waals surface area contributed by atoms with Crippen molar-refractivity contribution in [3.05, 3.63) is 35.0 Å². The lowest BCUT2D eigenvalue weighted by Crippen LogP contribution is -2.47. The van der Waals surface area contributed by atoms with Gasteiger partial charge in [0.05, 0.1) is 23.9 Å². The summed E-state index contributed by atoms with van der Waals surface area (Å²) >= 11 is 1.13. The first kappa shape index (κ1) is 34.2. The molecule has 0 aliphatic carbocycles. The standard InChI is InChI=1S/C32H45F4N5O3S/c1-31(2,44)30(43)40-15-10-27-25(21-40)29(37-41(27)20-24(42)19-39-11-4-3-5-12-39)22-6-7-26(32(34,35)36)28(18-22)45-17-16-38-13-8-23(33)9-14-38/h6-7,18,23-24,42,44H,3-5,8-17,19-21H2,1-2H3. The Morgan fingerprint density at radius 3 is 2.42 bits per heavy atom. The van der Waals surface area contributed by atoms with Crippen molar-refractivity contribution in [2.24, 2.45) is 0 Å². The van der Waals surface area contributed by atoms with Gasteiger partial charge in [0.1, 0.15) is 11.8 Å². The smallest absolute Gasteiger partial charge is 0.390 e. The zero-order chi connectivity index (χ0) is 32.4. The molecule has 2 fully saturated rings. The number of rotatable bonds is 10. The number of nitrogens with zero attached hydrogens (tertiary/aromatic N) is 5. The second-order valence-electron chi connectivity index (χ2n) is 13.1. The number of aliphatic hydroxyl groups excluding tert-OH is 1. The average molecular weight is 656 g/mol. The van der Waals surface area contributed by atoms with Crippen LogP contribution in [0.4, 0.5) is 17.6 Å². The zero-order valence-corrected chi connectivity index (χ0v) is 27.0. The first-order valence-corrected chi connectivity index (χ1v) is 17.0. The molecule has 4 heterocycles. The molecule has 8 nitrogen and oxygen atoms in total. The molecule has 1 unspecified atom stereocenters. The molecule has 250 valence electrons. The van der Waals surface area contributed by atoms with Gasteiger partial charge in [-0.25, -0.2) is 4.39 Å². The van der Waals surface area contributed by atoms with Gasteiger partial charge in [-0.1, -0.05) is 12.5 Å². The first-order valence-electron chi connectivity index (χ1n) is 16.0. The fraction of sp³-hybridized carbons (Fsp3) is 0.688. The third kappa shape index (κ3) is 8.59. The van der Waals surface area contributed by atoms with Crippen molar-refractivity contribution >= 4 is 17.7 Å². The van der Waals surface area contributed by atoms with Gasteiger partial charge >= 0.3 is 6.18 Å². The highest BCUT2D eigenvalue weighted by molar-refractivity contribution is 7.99. The molecule has 0 radical (unpaired) electrons. The molecule has 2 N–H and O–H groups in total. The van der Waals surface area contributed by atoms with Crippen LogP contribution >= 0.6 is 11.8 Å². The van der Waals surface area contributed by atoms with Gasteiger partial charge in [0, 0.05) is 73.2 Å². The van der Waals surface area contributed by atoms with Gasteiger partial charge in [-0.15, -0.1) is 11.8 Å². The highest BCUT2D eigenvalue weighted by Gasteiger charge is 2.36. The topological polar surface area (TPSA) is 85.1 Å². The van der Waals surface area contributed by atoms with Gasteiger partial charge in [0.15, 0.2) is 0 Å². The second kappa shape index (κ2) is 14.3. The summed E-state index contributed by atoms with van der Waals surface area (Å²) < 4.78 is 57.6. The fourth-order valence-electron chi connectivity index (χ4n) is 6.56. The molecule has 1 aromatic heterocycles. The Labute approximate surface area is 266 Å². The Bertz CT molecular complexity index is 1320. The number of alkyl halides is 4. The van der Waals surface area contributed by atoms with Crippen molar-refractivity contribution in [2.45, 2.75) is 94.4 Å². The lowest BCUT2D eigenvalue weighted by atomic mass is 9.98. The molecule has 0 spiro atoms. The summed E-state index contributed by atoms with van der Waals surface area (Å²) in [5.74, 6) is -0.00972. The van der Waals surface area contributed by atoms with E-state index in [2.05, 4.69) is 9.80 Å². The first-order chi connectivity index (χ1) is 21.3. The van der Waals surface area contributed by atoms with Crippen molar-refractivity contribution in [1.82, 2.24) is 24.5 Å². The summed E-state index contributed by atoms with van der Waals surface area (Å²) in [6, 6.07) is 4.04. The molecule has 0 saturated carbocycles. The Kier molecular flexibility index (Phi) is 10.8. The number of carbonyl (C=O) groups is 1. The van der Waals surface area contributed by atoms with Gasteiger partial charge in [-0.05, 0) is 64.8 Å². The molecular weight excluding hydrogens is 610 g/mol. The highest BCUT2D eigenvalue weighted by Crippen LogP contribution is 2.40. The van der Waals surface area contributed by atoms with E-state index in [1.165, 1.54) is 32.4 Å². The van der Waals surface area contributed by atoms with Gasteiger partial charge in [-0.2, -0.15) is 18.3 Å². The molecule has 1 amide bonds. The Morgan fingerprint density at radius 1 is 1.04 bits per heavy atom. The summed E-state index contributed by atoms with van der Waals surface area (Å²) in [7, 11) is 0. The number of piperidine rings is 2. The van der Waals surface area contributed by atoms with Crippen LogP contribution in [0.3, 0.4) is 0 Å². The van der Waals surface area contributed by atoms with Crippen molar-refractivity contribution in [3.8, 4) is 11.3 Å². The molecule has 1 aromatic carbocycles. The number of halogens is 4. The number of aromatic nitrogens is 2. The van der Waals surface area contributed by atoms with Crippen LogP contribution in [0.25, 0.3) is 11.3 Å². The third-order valence-corrected chi connectivity index (χ3v) is 10.0. The van der Waals surface area contributed by atoms with Crippen LogP contribution in [0.2, 0.25) is 0 Å². The molecule has 13 heteroatoms. The summed E-state index contributed by atoms with van der Waals surface area (Å²) in [6.45, 7) is 7.76. The number of hydrogen-bond acceptors (Lipinski definition) is 7. The minimum atomic E-state index is -4.54. The molecule has 45 heavy (non-hydrogen) atoms. The largest absolute Gasteiger partial charge is 0.417 e. The molecule has 3 aliphatic rings. The van der Waals surface area contributed by atoms with Crippen molar-refractivity contribution in [1.29, 1.82) is 0 Å². The number of likely N-dealkylation sites (tertiary alicyclic amines) is 2. The van der Waals surface area contributed by atoms with E-state index >= 15 is 0 Å². The summed E-state index contributed by atoms with van der Waals surface area (Å²) in [6.07, 6.45) is -1.31. The molecule has 2 saturated heterocycles. The molecule has 5 rings (SSSR count). The number of fused-ring (bicyclic) bond motifs is 1. The Hall–Kier alpha value is -2.19. The SMILES string of the molecule is CC(C)(O)C(=O)N1CCc2c(c(-c3ccc(C(F)(F)F)c(SCCN4CCC(F)CC4)c3)nn2CC(O)CN2CCCCC2)C1. The van der Waals surface area contributed by atoms with Crippen LogP contribution < -0.4 is 0 Å². The van der Waals surface area contributed by atoms with Gasteiger partial charge in [-0.3, -0.25) is 9.48 Å². The van der Waals surface area contributed by atoms with E-state index in [0.717, 1.165) is 49.5 Å². The van der Waals surface area contributed by atoms with E-state index < -0.39 is 35.5 Å². The maximum Gasteiger partial charge on any atom is 0.417 e. The summed E-state index contributed by atoms with van der Waals surface area (Å²) in [5.41, 5.74) is 0.242. The van der Waals surface area contributed by atoms with Crippen molar-refractivity contribution in [3.63, 3.8) is 0 Å². The number of hydrogen-bond donors (Lipinski definition) is 2. The maximum absolute atomic E-state index is 14.1. The van der Waals surface area contributed by atoms with Crippen LogP contribution in [-0.4, -0.2) is 110 Å². The lowest BCUT2D eigenvalue weighted by molar-refractivity contribution is -0.148. The van der Waals surface area contributed by atoms with Crippen LogP contribution in [0, 0.1) is 0 Å². The van der Waals surface area contributed by atoms with Gasteiger partial charge in [0.25, 0.3) is 5.91 Å². The van der Waals surface area contributed by atoms with E-state index in [1.807, 2.05) is 0 Å². The molecule has 0 bridgehead atoms. The quantitative estimate of drug-likeness (QED) is 0.286.